The van der Waals surface area contributed by atoms with E-state index in [1.807, 2.05) is 0 Å². The quantitative estimate of drug-likeness (QED) is 0.562. The van der Waals surface area contributed by atoms with Crippen molar-refractivity contribution in [2.75, 3.05) is 13.1 Å². The highest BCUT2D eigenvalue weighted by Gasteiger charge is 2.47. The maximum atomic E-state index is 9.84. The number of unbranched alkanes of at least 4 members (excludes halogenated alkanes) is 1. The van der Waals surface area contributed by atoms with Gasteiger partial charge in [-0.25, -0.2) is 0 Å². The Morgan fingerprint density at radius 3 is 2.46 bits per heavy atom. The lowest BCUT2D eigenvalue weighted by atomic mass is 10.1. The first-order valence-corrected chi connectivity index (χ1v) is 4.83. The van der Waals surface area contributed by atoms with E-state index in [4.69, 9.17) is 0 Å². The van der Waals surface area contributed by atoms with E-state index in [0.717, 1.165) is 19.4 Å². The predicted octanol–water partition coefficient (Wildman–Crippen LogP) is -0.468. The van der Waals surface area contributed by atoms with Gasteiger partial charge in [-0.3, -0.25) is 4.90 Å². The number of aliphatic hydroxyl groups excluding tert-OH is 2. The summed E-state index contributed by atoms with van der Waals surface area (Å²) >= 11 is 0. The van der Waals surface area contributed by atoms with Gasteiger partial charge in [0.1, 0.15) is 11.8 Å². The first-order chi connectivity index (χ1) is 6.00. The Hall–Kier alpha value is -0.160. The maximum absolute atomic E-state index is 9.84. The standard InChI is InChI=1S/C9H19NO3/c1-3-4-5-10-6-7(11)8(12)9(10,2)13/h7-8,11-13H,3-6H2,1-2H3/t7-,8-,9?/m1/s1. The molecular formula is C9H19NO3. The van der Waals surface area contributed by atoms with Crippen molar-refractivity contribution in [2.24, 2.45) is 0 Å². The van der Waals surface area contributed by atoms with E-state index in [0.29, 0.717) is 6.54 Å². The lowest BCUT2D eigenvalue weighted by Crippen LogP contribution is -2.48. The van der Waals surface area contributed by atoms with E-state index in [1.54, 1.807) is 11.8 Å². The van der Waals surface area contributed by atoms with Crippen LogP contribution in [0.2, 0.25) is 0 Å². The van der Waals surface area contributed by atoms with E-state index in [9.17, 15) is 15.3 Å². The molecule has 3 N–H and O–H groups in total. The Kier molecular flexibility index (Phi) is 3.29. The zero-order chi connectivity index (χ0) is 10.1. The summed E-state index contributed by atoms with van der Waals surface area (Å²) in [7, 11) is 0. The van der Waals surface area contributed by atoms with Crippen molar-refractivity contribution in [3.63, 3.8) is 0 Å². The third kappa shape index (κ3) is 2.02. The van der Waals surface area contributed by atoms with Crippen molar-refractivity contribution in [1.82, 2.24) is 4.90 Å². The summed E-state index contributed by atoms with van der Waals surface area (Å²) < 4.78 is 0. The van der Waals surface area contributed by atoms with Crippen molar-refractivity contribution >= 4 is 0 Å². The van der Waals surface area contributed by atoms with Crippen LogP contribution < -0.4 is 0 Å². The molecule has 0 spiro atoms. The molecule has 1 saturated heterocycles. The van der Waals surface area contributed by atoms with Gasteiger partial charge in [-0.2, -0.15) is 0 Å². The molecule has 0 aromatic heterocycles. The fraction of sp³-hybridized carbons (Fsp3) is 1.00. The molecule has 1 unspecified atom stereocenters. The Morgan fingerprint density at radius 2 is 2.08 bits per heavy atom. The Bertz CT molecular complexity index is 172. The molecule has 78 valence electrons. The van der Waals surface area contributed by atoms with Crippen molar-refractivity contribution in [1.29, 1.82) is 0 Å². The number of β-amino-alcohol motifs (C(OH)–C–C–N with tert-alkyl or cyclic N) is 1. The van der Waals surface area contributed by atoms with E-state index >= 15 is 0 Å². The SMILES string of the molecule is CCCCN1C[C@@H](O)[C@@H](O)C1(C)O. The Labute approximate surface area is 78.8 Å². The average Bonchev–Trinajstić information content (AvgIpc) is 2.26. The largest absolute Gasteiger partial charge is 0.389 e. The van der Waals surface area contributed by atoms with Gasteiger partial charge in [-0.05, 0) is 13.3 Å². The van der Waals surface area contributed by atoms with Gasteiger partial charge in [0.15, 0.2) is 0 Å². The number of aliphatic hydroxyl groups is 3. The van der Waals surface area contributed by atoms with Crippen LogP contribution in [0.4, 0.5) is 0 Å². The smallest absolute Gasteiger partial charge is 0.144 e. The van der Waals surface area contributed by atoms with Crippen molar-refractivity contribution in [2.45, 2.75) is 44.6 Å². The van der Waals surface area contributed by atoms with Crippen LogP contribution in [0.15, 0.2) is 0 Å². The lowest BCUT2D eigenvalue weighted by molar-refractivity contribution is -0.136. The van der Waals surface area contributed by atoms with Crippen LogP contribution >= 0.6 is 0 Å². The number of hydrogen-bond donors (Lipinski definition) is 3. The first-order valence-electron chi connectivity index (χ1n) is 4.83. The first kappa shape index (κ1) is 10.9. The molecule has 4 heteroatoms. The molecule has 0 aromatic rings. The van der Waals surface area contributed by atoms with Crippen LogP contribution in [-0.4, -0.2) is 51.2 Å². The normalized spacial score (nSPS) is 41.3. The van der Waals surface area contributed by atoms with Gasteiger partial charge in [0.25, 0.3) is 0 Å². The molecule has 1 fully saturated rings. The molecule has 0 bridgehead atoms. The van der Waals surface area contributed by atoms with E-state index in [-0.39, 0.29) is 0 Å². The second-order valence-corrected chi connectivity index (χ2v) is 3.91. The van der Waals surface area contributed by atoms with Crippen LogP contribution in [0.3, 0.4) is 0 Å². The van der Waals surface area contributed by atoms with Gasteiger partial charge in [0.05, 0.1) is 6.10 Å². The molecule has 0 aromatic carbocycles. The third-order valence-electron chi connectivity index (χ3n) is 2.75. The third-order valence-corrected chi connectivity index (χ3v) is 2.75. The molecule has 0 aliphatic carbocycles. The van der Waals surface area contributed by atoms with Crippen molar-refractivity contribution in [3.8, 4) is 0 Å². The summed E-state index contributed by atoms with van der Waals surface area (Å²) in [6, 6.07) is 0. The summed E-state index contributed by atoms with van der Waals surface area (Å²) in [4.78, 5) is 1.73. The van der Waals surface area contributed by atoms with E-state index in [2.05, 4.69) is 6.92 Å². The van der Waals surface area contributed by atoms with E-state index < -0.39 is 17.9 Å². The Morgan fingerprint density at radius 1 is 1.46 bits per heavy atom. The monoisotopic (exact) mass is 189 g/mol. The lowest BCUT2D eigenvalue weighted by Gasteiger charge is -2.31. The minimum absolute atomic E-state index is 0.355. The molecule has 1 rings (SSSR count). The van der Waals surface area contributed by atoms with Gasteiger partial charge in [0, 0.05) is 13.1 Å². The highest BCUT2D eigenvalue weighted by atomic mass is 16.4. The molecule has 3 atom stereocenters. The summed E-state index contributed by atoms with van der Waals surface area (Å²) in [5, 5.41) is 28.6. The summed E-state index contributed by atoms with van der Waals surface area (Å²) in [6.07, 6.45) is 0.130. The van der Waals surface area contributed by atoms with Gasteiger partial charge in [-0.1, -0.05) is 13.3 Å². The molecule has 0 radical (unpaired) electrons. The van der Waals surface area contributed by atoms with Crippen LogP contribution in [0, 0.1) is 0 Å². The van der Waals surface area contributed by atoms with Crippen LogP contribution in [0.5, 0.6) is 0 Å². The van der Waals surface area contributed by atoms with Gasteiger partial charge in [0.2, 0.25) is 0 Å². The summed E-state index contributed by atoms with van der Waals surface area (Å²) in [6.45, 7) is 4.69. The zero-order valence-electron chi connectivity index (χ0n) is 8.27. The van der Waals surface area contributed by atoms with Gasteiger partial charge >= 0.3 is 0 Å². The van der Waals surface area contributed by atoms with Gasteiger partial charge in [-0.15, -0.1) is 0 Å². The predicted molar refractivity (Wildman–Crippen MR) is 49.1 cm³/mol. The van der Waals surface area contributed by atoms with Crippen LogP contribution in [0.25, 0.3) is 0 Å². The number of nitrogens with zero attached hydrogens (tertiary/aromatic N) is 1. The Balaban J connectivity index is 2.56. The number of likely N-dealkylation sites (tertiary alicyclic amines) is 1. The molecule has 1 aliphatic rings. The second kappa shape index (κ2) is 3.92. The average molecular weight is 189 g/mol. The minimum Gasteiger partial charge on any atom is -0.389 e. The highest BCUT2D eigenvalue weighted by molar-refractivity contribution is 4.96. The van der Waals surface area contributed by atoms with E-state index in [1.165, 1.54) is 0 Å². The maximum Gasteiger partial charge on any atom is 0.144 e. The van der Waals surface area contributed by atoms with Crippen molar-refractivity contribution in [3.05, 3.63) is 0 Å². The fourth-order valence-electron chi connectivity index (χ4n) is 1.73. The summed E-state index contributed by atoms with van der Waals surface area (Å²) in [5.74, 6) is 0. The summed E-state index contributed by atoms with van der Waals surface area (Å²) in [5.41, 5.74) is -1.27. The molecular weight excluding hydrogens is 170 g/mol. The number of rotatable bonds is 3. The molecule has 1 heterocycles. The topological polar surface area (TPSA) is 63.9 Å². The molecule has 13 heavy (non-hydrogen) atoms. The molecule has 4 nitrogen and oxygen atoms in total. The molecule has 0 amide bonds. The second-order valence-electron chi connectivity index (χ2n) is 3.91. The molecule has 1 aliphatic heterocycles. The minimum atomic E-state index is -1.27. The van der Waals surface area contributed by atoms with Gasteiger partial charge < -0.3 is 15.3 Å². The van der Waals surface area contributed by atoms with Crippen molar-refractivity contribution < 1.29 is 15.3 Å². The zero-order valence-corrected chi connectivity index (χ0v) is 8.27. The highest BCUT2D eigenvalue weighted by Crippen LogP contribution is 2.27. The van der Waals surface area contributed by atoms with Crippen LogP contribution in [0.1, 0.15) is 26.7 Å². The molecule has 0 saturated carbocycles. The number of hydrogen-bond acceptors (Lipinski definition) is 4. The van der Waals surface area contributed by atoms with Crippen LogP contribution in [-0.2, 0) is 0 Å². The fourth-order valence-corrected chi connectivity index (χ4v) is 1.73.